The van der Waals surface area contributed by atoms with Crippen molar-refractivity contribution in [3.63, 3.8) is 0 Å². The highest BCUT2D eigenvalue weighted by Crippen LogP contribution is 2.23. The summed E-state index contributed by atoms with van der Waals surface area (Å²) in [6, 6.07) is 4.73. The highest BCUT2D eigenvalue weighted by Gasteiger charge is 2.17. The summed E-state index contributed by atoms with van der Waals surface area (Å²) in [5.41, 5.74) is 7.23. The van der Waals surface area contributed by atoms with E-state index in [1.807, 2.05) is 13.8 Å². The van der Waals surface area contributed by atoms with Crippen LogP contribution in [0.4, 0.5) is 10.8 Å². The number of nitrogen functional groups attached to an aromatic ring is 1. The molecule has 20 heavy (non-hydrogen) atoms. The molecular formula is C12H16N4O2S2. The fourth-order valence-electron chi connectivity index (χ4n) is 1.67. The van der Waals surface area contributed by atoms with Crippen LogP contribution < -0.4 is 10.5 Å². The zero-order valence-corrected chi connectivity index (χ0v) is 12.9. The second-order valence-corrected chi connectivity index (χ2v) is 6.92. The summed E-state index contributed by atoms with van der Waals surface area (Å²) in [7, 11) is -3.68. The van der Waals surface area contributed by atoms with E-state index >= 15 is 0 Å². The van der Waals surface area contributed by atoms with Gasteiger partial charge in [0.25, 0.3) is 10.0 Å². The van der Waals surface area contributed by atoms with E-state index in [2.05, 4.69) is 14.9 Å². The van der Waals surface area contributed by atoms with Crippen molar-refractivity contribution in [3.8, 4) is 0 Å². The Balaban J connectivity index is 2.28. The summed E-state index contributed by atoms with van der Waals surface area (Å²) in [6.07, 6.45) is 1.48. The molecule has 0 saturated carbocycles. The van der Waals surface area contributed by atoms with Crippen molar-refractivity contribution >= 4 is 32.2 Å². The van der Waals surface area contributed by atoms with Crippen LogP contribution in [0.1, 0.15) is 24.4 Å². The van der Waals surface area contributed by atoms with Crippen LogP contribution in [-0.2, 0) is 22.9 Å². The molecule has 1 aromatic heterocycles. The van der Waals surface area contributed by atoms with Crippen molar-refractivity contribution < 1.29 is 8.42 Å². The zero-order chi connectivity index (χ0) is 14.8. The number of aryl methyl sites for hydroxylation is 2. The molecule has 0 fully saturated rings. The van der Waals surface area contributed by atoms with E-state index < -0.39 is 10.0 Å². The summed E-state index contributed by atoms with van der Waals surface area (Å²) in [6.45, 7) is 3.90. The molecule has 8 heteroatoms. The number of nitrogens with one attached hydrogen (secondary N) is 1. The van der Waals surface area contributed by atoms with Crippen LogP contribution in [0.5, 0.6) is 0 Å². The number of anilines is 2. The Morgan fingerprint density at radius 1 is 1.25 bits per heavy atom. The van der Waals surface area contributed by atoms with Crippen LogP contribution in [0.2, 0.25) is 0 Å². The summed E-state index contributed by atoms with van der Waals surface area (Å²) in [5, 5.41) is 8.72. The molecule has 1 aromatic carbocycles. The first-order valence-electron chi connectivity index (χ1n) is 6.20. The lowest BCUT2D eigenvalue weighted by Gasteiger charge is -2.08. The molecule has 0 amide bonds. The van der Waals surface area contributed by atoms with E-state index in [-0.39, 0.29) is 10.0 Å². The van der Waals surface area contributed by atoms with Gasteiger partial charge in [-0.25, -0.2) is 8.42 Å². The quantitative estimate of drug-likeness (QED) is 0.823. The Bertz CT molecular complexity index is 710. The first-order valence-corrected chi connectivity index (χ1v) is 8.49. The summed E-state index contributed by atoms with van der Waals surface area (Å²) >= 11 is 1.22. The van der Waals surface area contributed by atoms with Crippen LogP contribution in [0.15, 0.2) is 23.1 Å². The van der Waals surface area contributed by atoms with Gasteiger partial charge < -0.3 is 5.73 Å². The minimum absolute atomic E-state index is 0.125. The lowest BCUT2D eigenvalue weighted by molar-refractivity contribution is 0.601. The molecule has 0 aliphatic heterocycles. The predicted molar refractivity (Wildman–Crippen MR) is 80.3 cm³/mol. The molecule has 3 N–H and O–H groups in total. The first kappa shape index (κ1) is 14.7. The number of nitrogens with zero attached hydrogens (tertiary/aromatic N) is 2. The molecule has 108 valence electrons. The van der Waals surface area contributed by atoms with Gasteiger partial charge in [-0.15, -0.1) is 10.2 Å². The third-order valence-electron chi connectivity index (χ3n) is 2.80. The molecule has 1 heterocycles. The minimum Gasteiger partial charge on any atom is -0.398 e. The number of hydrogen-bond donors (Lipinski definition) is 2. The molecule has 0 aliphatic carbocycles. The average molecular weight is 312 g/mol. The fourth-order valence-corrected chi connectivity index (χ4v) is 3.62. The Hall–Kier alpha value is -1.67. The van der Waals surface area contributed by atoms with Gasteiger partial charge in [-0.3, -0.25) is 4.72 Å². The number of rotatable bonds is 5. The highest BCUT2D eigenvalue weighted by atomic mass is 32.2. The molecular weight excluding hydrogens is 296 g/mol. The molecule has 0 spiro atoms. The third-order valence-corrected chi connectivity index (χ3v) is 5.25. The number of nitrogens with two attached hydrogens (primary N) is 1. The van der Waals surface area contributed by atoms with Gasteiger partial charge >= 0.3 is 0 Å². The van der Waals surface area contributed by atoms with Crippen LogP contribution in [0.25, 0.3) is 0 Å². The zero-order valence-electron chi connectivity index (χ0n) is 11.3. The molecule has 0 aliphatic rings. The number of aromatic nitrogens is 2. The lowest BCUT2D eigenvalue weighted by atomic mass is 10.1. The number of benzene rings is 1. The van der Waals surface area contributed by atoms with Gasteiger partial charge in [-0.1, -0.05) is 31.3 Å². The van der Waals surface area contributed by atoms with Gasteiger partial charge in [0.1, 0.15) is 5.01 Å². The number of sulfonamides is 1. The van der Waals surface area contributed by atoms with E-state index in [0.717, 1.165) is 23.4 Å². The topological polar surface area (TPSA) is 98.0 Å². The molecule has 2 aromatic rings. The highest BCUT2D eigenvalue weighted by molar-refractivity contribution is 7.93. The molecule has 0 saturated heterocycles. The summed E-state index contributed by atoms with van der Waals surface area (Å²) in [4.78, 5) is 0.125. The predicted octanol–water partition coefficient (Wildman–Crippen LogP) is 2.05. The lowest BCUT2D eigenvalue weighted by Crippen LogP contribution is -2.13. The third kappa shape index (κ3) is 3.07. The van der Waals surface area contributed by atoms with Crippen molar-refractivity contribution in [2.75, 3.05) is 10.5 Å². The Kier molecular flexibility index (Phi) is 4.24. The molecule has 0 unspecified atom stereocenters. The van der Waals surface area contributed by atoms with Gasteiger partial charge in [-0.05, 0) is 30.5 Å². The van der Waals surface area contributed by atoms with Crippen LogP contribution in [-0.4, -0.2) is 18.6 Å². The Labute approximate surface area is 122 Å². The van der Waals surface area contributed by atoms with Crippen molar-refractivity contribution in [2.45, 2.75) is 31.6 Å². The van der Waals surface area contributed by atoms with Crippen LogP contribution >= 0.6 is 11.3 Å². The summed E-state index contributed by atoms with van der Waals surface area (Å²) < 4.78 is 26.9. The van der Waals surface area contributed by atoms with Gasteiger partial charge in [-0.2, -0.15) is 0 Å². The molecule has 2 rings (SSSR count). The molecule has 0 radical (unpaired) electrons. The van der Waals surface area contributed by atoms with Gasteiger partial charge in [0.2, 0.25) is 5.13 Å². The van der Waals surface area contributed by atoms with Crippen LogP contribution in [0, 0.1) is 0 Å². The Morgan fingerprint density at radius 3 is 2.55 bits per heavy atom. The van der Waals surface area contributed by atoms with Crippen molar-refractivity contribution in [3.05, 3.63) is 28.8 Å². The first-order chi connectivity index (χ1) is 9.46. The van der Waals surface area contributed by atoms with E-state index in [1.54, 1.807) is 12.1 Å². The second kappa shape index (κ2) is 5.76. The van der Waals surface area contributed by atoms with Gasteiger partial charge in [0.05, 0.1) is 4.90 Å². The van der Waals surface area contributed by atoms with Crippen molar-refractivity contribution in [1.29, 1.82) is 0 Å². The van der Waals surface area contributed by atoms with E-state index in [9.17, 15) is 8.42 Å². The molecule has 0 atom stereocenters. The maximum atomic E-state index is 12.2. The monoisotopic (exact) mass is 312 g/mol. The second-order valence-electron chi connectivity index (χ2n) is 4.17. The Morgan fingerprint density at radius 2 is 2.00 bits per heavy atom. The largest absolute Gasteiger partial charge is 0.398 e. The molecule has 6 nitrogen and oxygen atoms in total. The van der Waals surface area contributed by atoms with Crippen LogP contribution in [0.3, 0.4) is 0 Å². The minimum atomic E-state index is -3.68. The van der Waals surface area contributed by atoms with E-state index in [1.165, 1.54) is 17.4 Å². The maximum absolute atomic E-state index is 12.2. The maximum Gasteiger partial charge on any atom is 0.263 e. The number of hydrogen-bond acceptors (Lipinski definition) is 6. The van der Waals surface area contributed by atoms with Crippen molar-refractivity contribution in [2.24, 2.45) is 0 Å². The summed E-state index contributed by atoms with van der Waals surface area (Å²) in [5.74, 6) is 0. The normalized spacial score (nSPS) is 11.5. The van der Waals surface area contributed by atoms with Crippen molar-refractivity contribution in [1.82, 2.24) is 10.2 Å². The average Bonchev–Trinajstić information content (AvgIpc) is 2.85. The van der Waals surface area contributed by atoms with E-state index in [4.69, 9.17) is 5.73 Å². The molecule has 0 bridgehead atoms. The fraction of sp³-hybridized carbons (Fsp3) is 0.333. The standard InChI is InChI=1S/C12H16N4O2S2/c1-3-8-5-6-9(7-10(8)13)20(17,18)16-12-15-14-11(4-2)19-12/h5-7H,3-4,13H2,1-2H3,(H,15,16). The smallest absolute Gasteiger partial charge is 0.263 e. The SMILES string of the molecule is CCc1nnc(NS(=O)(=O)c2ccc(CC)c(N)c2)s1. The van der Waals surface area contributed by atoms with E-state index in [0.29, 0.717) is 5.69 Å². The van der Waals surface area contributed by atoms with Gasteiger partial charge in [0, 0.05) is 5.69 Å². The van der Waals surface area contributed by atoms with Gasteiger partial charge in [0.15, 0.2) is 0 Å².